The van der Waals surface area contributed by atoms with Gasteiger partial charge in [-0.15, -0.1) is 0 Å². The first-order chi connectivity index (χ1) is 11.3. The average Bonchev–Trinajstić information content (AvgIpc) is 2.61. The largest absolute Gasteiger partial charge is 0.388 e. The third-order valence-corrected chi connectivity index (χ3v) is 4.27. The molecule has 3 N–H and O–H groups in total. The molecular formula is C19H22N2O2. The predicted octanol–water partition coefficient (Wildman–Crippen LogP) is 2.11. The number of aliphatic hydroxyl groups is 1. The number of nitrogens with one attached hydrogen (secondary N) is 2. The lowest BCUT2D eigenvalue weighted by molar-refractivity contribution is -0.123. The Hall–Kier alpha value is -2.17. The number of hydrogen-bond acceptors (Lipinski definition) is 3. The van der Waals surface area contributed by atoms with E-state index in [9.17, 15) is 9.90 Å². The van der Waals surface area contributed by atoms with Crippen LogP contribution in [0.2, 0.25) is 0 Å². The van der Waals surface area contributed by atoms with Gasteiger partial charge in [-0.25, -0.2) is 0 Å². The second kappa shape index (κ2) is 7.40. The van der Waals surface area contributed by atoms with Crippen LogP contribution < -0.4 is 10.6 Å². The fourth-order valence-corrected chi connectivity index (χ4v) is 3.01. The van der Waals surface area contributed by atoms with Crippen LogP contribution in [0.1, 0.15) is 35.3 Å². The van der Waals surface area contributed by atoms with Gasteiger partial charge in [0.05, 0.1) is 6.10 Å². The molecule has 1 aliphatic rings. The van der Waals surface area contributed by atoms with Crippen LogP contribution >= 0.6 is 0 Å². The summed E-state index contributed by atoms with van der Waals surface area (Å²) in [4.78, 5) is 12.4. The van der Waals surface area contributed by atoms with E-state index in [2.05, 4.69) is 16.7 Å². The first kappa shape index (κ1) is 15.7. The summed E-state index contributed by atoms with van der Waals surface area (Å²) >= 11 is 0. The number of amides is 1. The normalized spacial score (nSPS) is 18.0. The fraction of sp³-hybridized carbons (Fsp3) is 0.316. The van der Waals surface area contributed by atoms with E-state index in [0.717, 1.165) is 24.1 Å². The van der Waals surface area contributed by atoms with Gasteiger partial charge >= 0.3 is 0 Å². The summed E-state index contributed by atoms with van der Waals surface area (Å²) in [5.74, 6) is -0.0302. The summed E-state index contributed by atoms with van der Waals surface area (Å²) in [7, 11) is 0. The molecular weight excluding hydrogens is 288 g/mol. The molecule has 1 heterocycles. The molecule has 120 valence electrons. The summed E-state index contributed by atoms with van der Waals surface area (Å²) in [6.45, 7) is 1.26. The molecule has 2 unspecified atom stereocenters. The molecule has 0 radical (unpaired) electrons. The maximum Gasteiger partial charge on any atom is 0.241 e. The van der Waals surface area contributed by atoms with E-state index < -0.39 is 6.10 Å². The van der Waals surface area contributed by atoms with E-state index in [1.165, 1.54) is 5.56 Å². The molecule has 23 heavy (non-hydrogen) atoms. The van der Waals surface area contributed by atoms with Crippen molar-refractivity contribution >= 4 is 5.91 Å². The van der Waals surface area contributed by atoms with Crippen molar-refractivity contribution in [2.75, 3.05) is 13.1 Å². The Kier molecular flexibility index (Phi) is 5.05. The van der Waals surface area contributed by atoms with Crippen molar-refractivity contribution < 1.29 is 9.90 Å². The van der Waals surface area contributed by atoms with E-state index in [0.29, 0.717) is 13.0 Å². The Bertz CT molecular complexity index is 657. The molecule has 3 rings (SSSR count). The number of carbonyl (C=O) groups is 1. The molecule has 0 aromatic heterocycles. The molecule has 1 amide bonds. The van der Waals surface area contributed by atoms with Crippen molar-refractivity contribution in [2.45, 2.75) is 25.0 Å². The zero-order valence-electron chi connectivity index (χ0n) is 13.0. The second-order valence-corrected chi connectivity index (χ2v) is 5.84. The summed E-state index contributed by atoms with van der Waals surface area (Å²) in [5.41, 5.74) is 3.17. The van der Waals surface area contributed by atoms with Crippen LogP contribution in [-0.4, -0.2) is 24.1 Å². The highest BCUT2D eigenvalue weighted by atomic mass is 16.3. The minimum atomic E-state index is -0.553. The molecule has 4 heteroatoms. The van der Waals surface area contributed by atoms with E-state index in [4.69, 9.17) is 0 Å². The van der Waals surface area contributed by atoms with Crippen LogP contribution in [0.5, 0.6) is 0 Å². The predicted molar refractivity (Wildman–Crippen MR) is 89.9 cm³/mol. The number of fused-ring (bicyclic) bond motifs is 1. The maximum absolute atomic E-state index is 12.4. The van der Waals surface area contributed by atoms with Crippen molar-refractivity contribution in [1.29, 1.82) is 0 Å². The average molecular weight is 310 g/mol. The number of rotatable bonds is 5. The zero-order chi connectivity index (χ0) is 16.1. The summed E-state index contributed by atoms with van der Waals surface area (Å²) < 4.78 is 0. The van der Waals surface area contributed by atoms with E-state index in [-0.39, 0.29) is 11.9 Å². The molecule has 0 spiro atoms. The van der Waals surface area contributed by atoms with Gasteiger partial charge in [0.25, 0.3) is 0 Å². The lowest BCUT2D eigenvalue weighted by Crippen LogP contribution is -2.41. The number of carbonyl (C=O) groups excluding carboxylic acids is 1. The van der Waals surface area contributed by atoms with Crippen LogP contribution in [0.15, 0.2) is 54.6 Å². The molecule has 0 saturated carbocycles. The highest BCUT2D eigenvalue weighted by Gasteiger charge is 2.25. The van der Waals surface area contributed by atoms with Gasteiger partial charge in [0.1, 0.15) is 6.04 Å². The van der Waals surface area contributed by atoms with Crippen molar-refractivity contribution in [3.63, 3.8) is 0 Å². The van der Waals surface area contributed by atoms with E-state index in [1.54, 1.807) is 0 Å². The van der Waals surface area contributed by atoms with Crippen LogP contribution in [0.3, 0.4) is 0 Å². The third-order valence-electron chi connectivity index (χ3n) is 4.27. The summed E-state index contributed by atoms with van der Waals surface area (Å²) in [6.07, 6.45) is 0.902. The van der Waals surface area contributed by atoms with Crippen LogP contribution in [0, 0.1) is 0 Å². The minimum absolute atomic E-state index is 0.0302. The smallest absolute Gasteiger partial charge is 0.241 e. The third kappa shape index (κ3) is 3.78. The quantitative estimate of drug-likeness (QED) is 0.793. The first-order valence-corrected chi connectivity index (χ1v) is 8.07. The number of aliphatic hydroxyl groups excluding tert-OH is 1. The van der Waals surface area contributed by atoms with Crippen LogP contribution in [-0.2, 0) is 11.2 Å². The van der Waals surface area contributed by atoms with Gasteiger partial charge in [-0.2, -0.15) is 0 Å². The van der Waals surface area contributed by atoms with Gasteiger partial charge < -0.3 is 15.7 Å². The Morgan fingerprint density at radius 2 is 1.91 bits per heavy atom. The monoisotopic (exact) mass is 310 g/mol. The van der Waals surface area contributed by atoms with Gasteiger partial charge in [0, 0.05) is 13.1 Å². The molecule has 0 aliphatic carbocycles. The van der Waals surface area contributed by atoms with Gasteiger partial charge in [-0.3, -0.25) is 4.79 Å². The highest BCUT2D eigenvalue weighted by molar-refractivity contribution is 5.83. The summed E-state index contributed by atoms with van der Waals surface area (Å²) in [6, 6.07) is 17.3. The van der Waals surface area contributed by atoms with E-state index >= 15 is 0 Å². The molecule has 2 aromatic carbocycles. The molecule has 1 aliphatic heterocycles. The molecule has 0 saturated heterocycles. The lowest BCUT2D eigenvalue weighted by atomic mass is 9.94. The SMILES string of the molecule is O=C(NCCC(O)c1ccccc1)C1NCCc2ccccc21. The standard InChI is InChI=1S/C19H22N2O2/c22-17(15-7-2-1-3-8-15)11-13-21-19(23)18-16-9-5-4-6-14(16)10-12-20-18/h1-9,17-18,20,22H,10-13H2,(H,21,23). The van der Waals surface area contributed by atoms with Crippen LogP contribution in [0.4, 0.5) is 0 Å². The molecule has 0 bridgehead atoms. The summed E-state index contributed by atoms with van der Waals surface area (Å²) in [5, 5.41) is 16.3. The Morgan fingerprint density at radius 3 is 2.74 bits per heavy atom. The van der Waals surface area contributed by atoms with Gasteiger partial charge in [-0.1, -0.05) is 54.6 Å². The van der Waals surface area contributed by atoms with Crippen molar-refractivity contribution in [3.8, 4) is 0 Å². The van der Waals surface area contributed by atoms with Gasteiger partial charge in [0.15, 0.2) is 0 Å². The maximum atomic E-state index is 12.4. The Morgan fingerprint density at radius 1 is 1.17 bits per heavy atom. The van der Waals surface area contributed by atoms with E-state index in [1.807, 2.05) is 48.5 Å². The number of hydrogen-bond donors (Lipinski definition) is 3. The van der Waals surface area contributed by atoms with Crippen molar-refractivity contribution in [3.05, 3.63) is 71.3 Å². The molecule has 2 aromatic rings. The molecule has 0 fully saturated rings. The molecule has 2 atom stereocenters. The van der Waals surface area contributed by atoms with Crippen LogP contribution in [0.25, 0.3) is 0 Å². The van der Waals surface area contributed by atoms with Gasteiger partial charge in [0.2, 0.25) is 5.91 Å². The Labute approximate surface area is 136 Å². The molecule has 4 nitrogen and oxygen atoms in total. The lowest BCUT2D eigenvalue weighted by Gasteiger charge is -2.26. The Balaban J connectivity index is 1.54. The second-order valence-electron chi connectivity index (χ2n) is 5.84. The van der Waals surface area contributed by atoms with Gasteiger partial charge in [-0.05, 0) is 29.5 Å². The zero-order valence-corrected chi connectivity index (χ0v) is 13.0. The highest BCUT2D eigenvalue weighted by Crippen LogP contribution is 2.22. The fourth-order valence-electron chi connectivity index (χ4n) is 3.01. The van der Waals surface area contributed by atoms with Crippen molar-refractivity contribution in [2.24, 2.45) is 0 Å². The number of benzene rings is 2. The topological polar surface area (TPSA) is 61.4 Å². The van der Waals surface area contributed by atoms with Crippen molar-refractivity contribution in [1.82, 2.24) is 10.6 Å². The first-order valence-electron chi connectivity index (χ1n) is 8.07. The minimum Gasteiger partial charge on any atom is -0.388 e.